The van der Waals surface area contributed by atoms with Gasteiger partial charge < -0.3 is 19.7 Å². The summed E-state index contributed by atoms with van der Waals surface area (Å²) in [5.74, 6) is 1.76. The molecule has 1 aromatic carbocycles. The highest BCUT2D eigenvalue weighted by molar-refractivity contribution is 5.76. The van der Waals surface area contributed by atoms with Crippen molar-refractivity contribution in [3.8, 4) is 11.5 Å². The van der Waals surface area contributed by atoms with Crippen molar-refractivity contribution in [3.05, 3.63) is 23.8 Å². The van der Waals surface area contributed by atoms with E-state index in [0.29, 0.717) is 19.3 Å². The fourth-order valence-corrected chi connectivity index (χ4v) is 3.61. The number of likely N-dealkylation sites (N-methyl/N-ethyl adjacent to an activating group) is 1. The fraction of sp³-hybridized carbons (Fsp3) is 0.650. The number of rotatable bonds is 8. The molecule has 2 aliphatic rings. The molecule has 0 radical (unpaired) electrons. The van der Waals surface area contributed by atoms with Gasteiger partial charge in [0.15, 0.2) is 11.5 Å². The first kappa shape index (κ1) is 19.0. The van der Waals surface area contributed by atoms with Crippen LogP contribution in [0.25, 0.3) is 0 Å². The lowest BCUT2D eigenvalue weighted by atomic mass is 10.1. The van der Waals surface area contributed by atoms with Gasteiger partial charge in [-0.15, -0.1) is 0 Å². The van der Waals surface area contributed by atoms with Crippen molar-refractivity contribution in [1.82, 2.24) is 15.1 Å². The largest absolute Gasteiger partial charge is 0.454 e. The van der Waals surface area contributed by atoms with Crippen LogP contribution >= 0.6 is 0 Å². The molecule has 2 unspecified atom stereocenters. The molecule has 6 heteroatoms. The predicted octanol–water partition coefficient (Wildman–Crippen LogP) is 2.23. The van der Waals surface area contributed by atoms with Crippen LogP contribution in [0, 0.1) is 0 Å². The van der Waals surface area contributed by atoms with Gasteiger partial charge in [0, 0.05) is 19.0 Å². The smallest absolute Gasteiger partial charge is 0.231 e. The number of nitrogens with zero attached hydrogens (tertiary/aromatic N) is 2. The van der Waals surface area contributed by atoms with E-state index in [2.05, 4.69) is 35.2 Å². The number of carbonyl (C=O) groups is 1. The average Bonchev–Trinajstić information content (AvgIpc) is 3.30. The number of nitrogens with one attached hydrogen (secondary N) is 1. The molecule has 1 saturated heterocycles. The van der Waals surface area contributed by atoms with Crippen LogP contribution in [0.2, 0.25) is 0 Å². The quantitative estimate of drug-likeness (QED) is 0.720. The highest BCUT2D eigenvalue weighted by Crippen LogP contribution is 2.33. The molecule has 0 bridgehead atoms. The van der Waals surface area contributed by atoms with E-state index in [1.807, 2.05) is 19.1 Å². The van der Waals surface area contributed by atoms with Gasteiger partial charge in [0.05, 0.1) is 6.17 Å². The SMILES string of the molecule is CC(Cc1ccc2c(c1)OCO2)N(C)C(C)NC(=O)CCN1CCCC1. The normalized spacial score (nSPS) is 18.9. The summed E-state index contributed by atoms with van der Waals surface area (Å²) in [5, 5.41) is 3.13. The van der Waals surface area contributed by atoms with E-state index in [1.54, 1.807) is 0 Å². The summed E-state index contributed by atoms with van der Waals surface area (Å²) in [4.78, 5) is 16.8. The Hall–Kier alpha value is -1.79. The molecule has 6 nitrogen and oxygen atoms in total. The zero-order chi connectivity index (χ0) is 18.5. The van der Waals surface area contributed by atoms with Crippen molar-refractivity contribution in [2.24, 2.45) is 0 Å². The fourth-order valence-electron chi connectivity index (χ4n) is 3.61. The van der Waals surface area contributed by atoms with Crippen LogP contribution in [-0.4, -0.2) is 61.4 Å². The third kappa shape index (κ3) is 4.89. The minimum absolute atomic E-state index is 0.00471. The predicted molar refractivity (Wildman–Crippen MR) is 101 cm³/mol. The second kappa shape index (κ2) is 8.73. The van der Waals surface area contributed by atoms with E-state index in [4.69, 9.17) is 9.47 Å². The first-order valence-electron chi connectivity index (χ1n) is 9.65. The van der Waals surface area contributed by atoms with Crippen molar-refractivity contribution in [2.75, 3.05) is 33.5 Å². The Morgan fingerprint density at radius 2 is 1.96 bits per heavy atom. The molecule has 1 aromatic rings. The van der Waals surface area contributed by atoms with Gasteiger partial charge >= 0.3 is 0 Å². The summed E-state index contributed by atoms with van der Waals surface area (Å²) >= 11 is 0. The van der Waals surface area contributed by atoms with Gasteiger partial charge in [0.25, 0.3) is 0 Å². The number of benzene rings is 1. The summed E-state index contributed by atoms with van der Waals surface area (Å²) in [6.45, 7) is 7.66. The van der Waals surface area contributed by atoms with Gasteiger partial charge in [0.1, 0.15) is 0 Å². The summed E-state index contributed by atoms with van der Waals surface area (Å²) in [5.41, 5.74) is 1.21. The molecular formula is C20H31N3O3. The Balaban J connectivity index is 1.44. The van der Waals surface area contributed by atoms with Gasteiger partial charge in [-0.1, -0.05) is 6.07 Å². The third-order valence-electron chi connectivity index (χ3n) is 5.50. The number of hydrogen-bond acceptors (Lipinski definition) is 5. The second-order valence-corrected chi connectivity index (χ2v) is 7.45. The first-order valence-corrected chi connectivity index (χ1v) is 9.65. The summed E-state index contributed by atoms with van der Waals surface area (Å²) < 4.78 is 10.8. The molecular weight excluding hydrogens is 330 g/mol. The second-order valence-electron chi connectivity index (χ2n) is 7.45. The molecule has 0 aromatic heterocycles. The Morgan fingerprint density at radius 3 is 2.73 bits per heavy atom. The van der Waals surface area contributed by atoms with Gasteiger partial charge in [-0.25, -0.2) is 0 Å². The highest BCUT2D eigenvalue weighted by Gasteiger charge is 2.20. The van der Waals surface area contributed by atoms with Crippen molar-refractivity contribution >= 4 is 5.91 Å². The molecule has 0 saturated carbocycles. The molecule has 0 aliphatic carbocycles. The van der Waals surface area contributed by atoms with Crippen molar-refractivity contribution < 1.29 is 14.3 Å². The zero-order valence-electron chi connectivity index (χ0n) is 16.2. The molecule has 3 rings (SSSR count). The average molecular weight is 361 g/mol. The number of ether oxygens (including phenoxy) is 2. The summed E-state index contributed by atoms with van der Waals surface area (Å²) in [6, 6.07) is 6.39. The molecule has 144 valence electrons. The van der Waals surface area contributed by atoms with Gasteiger partial charge in [0.2, 0.25) is 12.7 Å². The topological polar surface area (TPSA) is 54.0 Å². The van der Waals surface area contributed by atoms with Gasteiger partial charge in [-0.05, 0) is 70.9 Å². The molecule has 1 fully saturated rings. The molecule has 1 N–H and O–H groups in total. The highest BCUT2D eigenvalue weighted by atomic mass is 16.7. The number of hydrogen-bond donors (Lipinski definition) is 1. The van der Waals surface area contributed by atoms with E-state index < -0.39 is 0 Å². The van der Waals surface area contributed by atoms with E-state index >= 15 is 0 Å². The number of likely N-dealkylation sites (tertiary alicyclic amines) is 1. The van der Waals surface area contributed by atoms with Crippen LogP contribution in [0.5, 0.6) is 11.5 Å². The van der Waals surface area contributed by atoms with Crippen molar-refractivity contribution in [3.63, 3.8) is 0 Å². The Bertz CT molecular complexity index is 616. The standard InChI is InChI=1S/C20H31N3O3/c1-15(12-17-6-7-18-19(13-17)26-14-25-18)22(3)16(2)21-20(24)8-11-23-9-4-5-10-23/h6-7,13,15-16H,4-5,8-12,14H2,1-3H3,(H,21,24). The number of fused-ring (bicyclic) bond motifs is 1. The Kier molecular flexibility index (Phi) is 6.38. The summed E-state index contributed by atoms with van der Waals surface area (Å²) in [6.07, 6.45) is 4.00. The molecule has 2 heterocycles. The maximum absolute atomic E-state index is 12.2. The molecule has 0 spiro atoms. The van der Waals surface area contributed by atoms with E-state index in [0.717, 1.165) is 37.6 Å². The number of amides is 1. The van der Waals surface area contributed by atoms with Crippen molar-refractivity contribution in [2.45, 2.75) is 51.7 Å². The molecule has 26 heavy (non-hydrogen) atoms. The van der Waals surface area contributed by atoms with E-state index in [1.165, 1.54) is 18.4 Å². The minimum Gasteiger partial charge on any atom is -0.454 e. The minimum atomic E-state index is 0.00471. The van der Waals surface area contributed by atoms with Crippen LogP contribution in [-0.2, 0) is 11.2 Å². The van der Waals surface area contributed by atoms with E-state index in [-0.39, 0.29) is 12.1 Å². The Morgan fingerprint density at radius 1 is 1.23 bits per heavy atom. The lowest BCUT2D eigenvalue weighted by Crippen LogP contribution is -2.49. The van der Waals surface area contributed by atoms with Crippen LogP contribution in [0.15, 0.2) is 18.2 Å². The first-order chi connectivity index (χ1) is 12.5. The van der Waals surface area contributed by atoms with Gasteiger partial charge in [-0.2, -0.15) is 0 Å². The van der Waals surface area contributed by atoms with E-state index in [9.17, 15) is 4.79 Å². The maximum atomic E-state index is 12.2. The lowest BCUT2D eigenvalue weighted by molar-refractivity contribution is -0.123. The Labute approximate surface area is 156 Å². The zero-order valence-corrected chi connectivity index (χ0v) is 16.2. The van der Waals surface area contributed by atoms with Gasteiger partial charge in [-0.3, -0.25) is 9.69 Å². The van der Waals surface area contributed by atoms with Crippen molar-refractivity contribution in [1.29, 1.82) is 0 Å². The monoisotopic (exact) mass is 361 g/mol. The number of carbonyl (C=O) groups excluding carboxylic acids is 1. The summed E-state index contributed by atoms with van der Waals surface area (Å²) in [7, 11) is 2.06. The molecule has 2 aliphatic heterocycles. The van der Waals surface area contributed by atoms with Crippen LogP contribution in [0.1, 0.15) is 38.7 Å². The maximum Gasteiger partial charge on any atom is 0.231 e. The third-order valence-corrected chi connectivity index (χ3v) is 5.50. The van der Waals surface area contributed by atoms with Crippen LogP contribution < -0.4 is 14.8 Å². The van der Waals surface area contributed by atoms with Crippen LogP contribution in [0.4, 0.5) is 0 Å². The molecule has 1 amide bonds. The molecule has 2 atom stereocenters. The van der Waals surface area contributed by atoms with Crippen LogP contribution in [0.3, 0.4) is 0 Å². The lowest BCUT2D eigenvalue weighted by Gasteiger charge is -2.31.